The smallest absolute Gasteiger partial charge is 0.404 e. The van der Waals surface area contributed by atoms with Crippen LogP contribution < -0.4 is 0 Å². The number of nitrogens with zero attached hydrogens (tertiary/aromatic N) is 2. The third-order valence-corrected chi connectivity index (χ3v) is 4.05. The first kappa shape index (κ1) is 16.2. The second kappa shape index (κ2) is 5.66. The average molecular weight is 282 g/mol. The molecule has 4 nitrogen and oxygen atoms in total. The van der Waals surface area contributed by atoms with Gasteiger partial charge in [0.1, 0.15) is 6.04 Å². The number of aliphatic carboxylic acids is 1. The van der Waals surface area contributed by atoms with Gasteiger partial charge in [0.15, 0.2) is 0 Å². The van der Waals surface area contributed by atoms with E-state index in [9.17, 15) is 18.0 Å². The number of halogens is 3. The summed E-state index contributed by atoms with van der Waals surface area (Å²) in [5.41, 5.74) is -0.253. The van der Waals surface area contributed by atoms with Gasteiger partial charge in [0.25, 0.3) is 0 Å². The summed E-state index contributed by atoms with van der Waals surface area (Å²) >= 11 is 0. The largest absolute Gasteiger partial charge is 0.481 e. The highest BCUT2D eigenvalue weighted by molar-refractivity contribution is 5.67. The summed E-state index contributed by atoms with van der Waals surface area (Å²) in [6, 6.07) is -1.93. The molecule has 112 valence electrons. The molecule has 19 heavy (non-hydrogen) atoms. The second-order valence-corrected chi connectivity index (χ2v) is 5.54. The van der Waals surface area contributed by atoms with E-state index in [0.29, 0.717) is 0 Å². The molecular formula is C12H21F3N2O2. The number of carbonyl (C=O) groups is 1. The lowest BCUT2D eigenvalue weighted by Crippen LogP contribution is -2.59. The Morgan fingerprint density at radius 2 is 1.84 bits per heavy atom. The van der Waals surface area contributed by atoms with Gasteiger partial charge >= 0.3 is 12.1 Å². The van der Waals surface area contributed by atoms with Crippen LogP contribution in [0.25, 0.3) is 0 Å². The van der Waals surface area contributed by atoms with Gasteiger partial charge in [0.05, 0.1) is 6.42 Å². The van der Waals surface area contributed by atoms with Crippen LogP contribution in [0.2, 0.25) is 0 Å². The molecule has 0 saturated heterocycles. The van der Waals surface area contributed by atoms with Crippen molar-refractivity contribution < 1.29 is 23.1 Å². The van der Waals surface area contributed by atoms with Crippen LogP contribution in [0.1, 0.15) is 25.7 Å². The van der Waals surface area contributed by atoms with Crippen molar-refractivity contribution in [2.24, 2.45) is 0 Å². The predicted molar refractivity (Wildman–Crippen MR) is 65.0 cm³/mol. The lowest BCUT2D eigenvalue weighted by atomic mass is 9.75. The van der Waals surface area contributed by atoms with Crippen molar-refractivity contribution in [3.63, 3.8) is 0 Å². The molecule has 1 rings (SSSR count). The molecule has 0 bridgehead atoms. The van der Waals surface area contributed by atoms with Crippen LogP contribution in [0, 0.1) is 0 Å². The van der Waals surface area contributed by atoms with Crippen LogP contribution in [0.4, 0.5) is 13.2 Å². The number of rotatable bonds is 6. The Morgan fingerprint density at radius 3 is 2.11 bits per heavy atom. The lowest BCUT2D eigenvalue weighted by molar-refractivity contribution is -0.192. The third-order valence-electron chi connectivity index (χ3n) is 4.05. The van der Waals surface area contributed by atoms with Crippen molar-refractivity contribution in [3.05, 3.63) is 0 Å². The molecule has 1 aliphatic rings. The molecule has 1 saturated carbocycles. The Balaban J connectivity index is 2.77. The van der Waals surface area contributed by atoms with Gasteiger partial charge in [-0.25, -0.2) is 0 Å². The van der Waals surface area contributed by atoms with Crippen molar-refractivity contribution in [1.82, 2.24) is 9.80 Å². The van der Waals surface area contributed by atoms with E-state index in [-0.39, 0.29) is 12.1 Å². The van der Waals surface area contributed by atoms with Gasteiger partial charge in [-0.05, 0) is 40.4 Å². The Bertz CT molecular complexity index is 327. The summed E-state index contributed by atoms with van der Waals surface area (Å²) in [5.74, 6) is -1.43. The van der Waals surface area contributed by atoms with Crippen molar-refractivity contribution in [2.45, 2.75) is 43.4 Å². The van der Waals surface area contributed by atoms with Gasteiger partial charge in [0, 0.05) is 12.1 Å². The fraction of sp³-hybridized carbons (Fsp3) is 0.917. The fourth-order valence-corrected chi connectivity index (χ4v) is 2.59. The highest BCUT2D eigenvalue weighted by atomic mass is 19.4. The van der Waals surface area contributed by atoms with Crippen molar-refractivity contribution in [3.8, 4) is 0 Å². The zero-order valence-corrected chi connectivity index (χ0v) is 11.5. The maximum absolute atomic E-state index is 12.9. The van der Waals surface area contributed by atoms with Gasteiger partial charge in [-0.1, -0.05) is 0 Å². The van der Waals surface area contributed by atoms with Crippen LogP contribution in [-0.4, -0.2) is 66.3 Å². The Labute approximate surface area is 111 Å². The molecule has 1 atom stereocenters. The second-order valence-electron chi connectivity index (χ2n) is 5.54. The van der Waals surface area contributed by atoms with E-state index in [4.69, 9.17) is 5.11 Å². The van der Waals surface area contributed by atoms with E-state index in [1.165, 1.54) is 7.05 Å². The van der Waals surface area contributed by atoms with Gasteiger partial charge in [-0.3, -0.25) is 9.69 Å². The molecule has 0 aliphatic heterocycles. The van der Waals surface area contributed by atoms with E-state index >= 15 is 0 Å². The van der Waals surface area contributed by atoms with E-state index in [2.05, 4.69) is 0 Å². The molecule has 0 spiro atoms. The number of alkyl halides is 3. The predicted octanol–water partition coefficient (Wildman–Crippen LogP) is 1.81. The highest BCUT2D eigenvalue weighted by Crippen LogP contribution is 2.38. The van der Waals surface area contributed by atoms with Crippen LogP contribution in [0.5, 0.6) is 0 Å². The van der Waals surface area contributed by atoms with Crippen LogP contribution in [-0.2, 0) is 4.79 Å². The molecule has 0 aromatic heterocycles. The van der Waals surface area contributed by atoms with Crippen LogP contribution in [0.15, 0.2) is 0 Å². The molecule has 0 aromatic rings. The molecule has 1 N–H and O–H groups in total. The summed E-state index contributed by atoms with van der Waals surface area (Å²) in [6.07, 6.45) is -2.74. The zero-order valence-electron chi connectivity index (χ0n) is 11.5. The molecule has 1 fully saturated rings. The number of carboxylic acid groups (broad SMARTS) is 1. The Kier molecular flexibility index (Phi) is 4.84. The topological polar surface area (TPSA) is 43.8 Å². The summed E-state index contributed by atoms with van der Waals surface area (Å²) < 4.78 is 38.7. The number of carboxylic acids is 1. The fourth-order valence-electron chi connectivity index (χ4n) is 2.59. The first-order valence-electron chi connectivity index (χ1n) is 6.25. The Morgan fingerprint density at radius 1 is 1.32 bits per heavy atom. The molecule has 0 aromatic carbocycles. The molecular weight excluding hydrogens is 261 g/mol. The van der Waals surface area contributed by atoms with Crippen LogP contribution in [0.3, 0.4) is 0 Å². The van der Waals surface area contributed by atoms with E-state index < -0.39 is 24.6 Å². The minimum absolute atomic E-state index is 0.234. The molecule has 0 amide bonds. The maximum atomic E-state index is 12.9. The van der Waals surface area contributed by atoms with Gasteiger partial charge in [-0.2, -0.15) is 13.2 Å². The van der Waals surface area contributed by atoms with E-state index in [1.54, 1.807) is 0 Å². The van der Waals surface area contributed by atoms with Gasteiger partial charge in [-0.15, -0.1) is 0 Å². The normalized spacial score (nSPS) is 20.4. The third kappa shape index (κ3) is 3.82. The van der Waals surface area contributed by atoms with E-state index in [1.807, 2.05) is 19.0 Å². The average Bonchev–Trinajstić information content (AvgIpc) is 2.17. The molecule has 1 unspecified atom stereocenters. The van der Waals surface area contributed by atoms with Gasteiger partial charge in [0.2, 0.25) is 0 Å². The standard InChI is InChI=1S/C12H21F3N2O2/c1-16(2)11(5-4-6-11)8-17(3)9(7-10(18)19)12(13,14)15/h9H,4-8H2,1-3H3,(H,18,19). The highest BCUT2D eigenvalue weighted by Gasteiger charge is 2.47. The zero-order chi connectivity index (χ0) is 14.8. The van der Waals surface area contributed by atoms with Crippen molar-refractivity contribution in [1.29, 1.82) is 0 Å². The van der Waals surface area contributed by atoms with Crippen molar-refractivity contribution in [2.75, 3.05) is 27.7 Å². The van der Waals surface area contributed by atoms with Gasteiger partial charge < -0.3 is 10.0 Å². The number of hydrogen-bond donors (Lipinski definition) is 1. The minimum Gasteiger partial charge on any atom is -0.481 e. The SMILES string of the molecule is CN(CC1(N(C)C)CCC1)C(CC(=O)O)C(F)(F)F. The van der Waals surface area contributed by atoms with Crippen LogP contribution >= 0.6 is 0 Å². The lowest BCUT2D eigenvalue weighted by Gasteiger charge is -2.50. The first-order valence-corrected chi connectivity index (χ1v) is 6.25. The summed E-state index contributed by atoms with van der Waals surface area (Å²) in [4.78, 5) is 13.7. The molecule has 1 aliphatic carbocycles. The Hall–Kier alpha value is -0.820. The summed E-state index contributed by atoms with van der Waals surface area (Å²) in [5, 5.41) is 8.64. The summed E-state index contributed by atoms with van der Waals surface area (Å²) in [7, 11) is 5.06. The monoisotopic (exact) mass is 282 g/mol. The molecule has 7 heteroatoms. The quantitative estimate of drug-likeness (QED) is 0.807. The van der Waals surface area contributed by atoms with E-state index in [0.717, 1.165) is 24.2 Å². The van der Waals surface area contributed by atoms with Crippen molar-refractivity contribution >= 4 is 5.97 Å². The molecule has 0 heterocycles. The minimum atomic E-state index is -4.52. The number of likely N-dealkylation sites (N-methyl/N-ethyl adjacent to an activating group) is 2. The maximum Gasteiger partial charge on any atom is 0.404 e. The summed E-state index contributed by atoms with van der Waals surface area (Å²) in [6.45, 7) is 0.234. The first-order chi connectivity index (χ1) is 8.58. The molecule has 0 radical (unpaired) electrons. The number of hydrogen-bond acceptors (Lipinski definition) is 3.